The molecule has 0 saturated carbocycles. The molecule has 0 aromatic heterocycles. The van der Waals surface area contributed by atoms with Crippen molar-refractivity contribution in [2.75, 3.05) is 0 Å². The standard InChI is InChI=1S/C9H9F3O3S/c1-6(16(12,13)14)7-2-4-8(5-3-7)15-9(10)11/h2-6,9H,1H3. The van der Waals surface area contributed by atoms with Crippen molar-refractivity contribution in [3.05, 3.63) is 29.8 Å². The lowest BCUT2D eigenvalue weighted by molar-refractivity contribution is -0.0498. The van der Waals surface area contributed by atoms with E-state index in [0.717, 1.165) is 19.1 Å². The van der Waals surface area contributed by atoms with Gasteiger partial charge in [-0.1, -0.05) is 12.1 Å². The highest BCUT2D eigenvalue weighted by Gasteiger charge is 2.21. The van der Waals surface area contributed by atoms with Gasteiger partial charge in [-0.05, 0) is 24.6 Å². The van der Waals surface area contributed by atoms with Crippen LogP contribution in [0.5, 0.6) is 5.75 Å². The van der Waals surface area contributed by atoms with Crippen LogP contribution in [0.3, 0.4) is 0 Å². The Morgan fingerprint density at radius 3 is 2.06 bits per heavy atom. The summed E-state index contributed by atoms with van der Waals surface area (Å²) < 4.78 is 61.4. The van der Waals surface area contributed by atoms with E-state index in [9.17, 15) is 21.1 Å². The molecule has 7 heteroatoms. The third kappa shape index (κ3) is 3.41. The predicted octanol–water partition coefficient (Wildman–Crippen LogP) is 2.65. The first-order valence-corrected chi connectivity index (χ1v) is 5.73. The number of ether oxygens (including phenoxy) is 1. The molecule has 1 rings (SSSR count). The van der Waals surface area contributed by atoms with Crippen molar-refractivity contribution in [3.63, 3.8) is 0 Å². The predicted molar refractivity (Wildman–Crippen MR) is 51.5 cm³/mol. The molecule has 0 radical (unpaired) electrons. The van der Waals surface area contributed by atoms with E-state index in [1.54, 1.807) is 0 Å². The molecule has 1 aromatic rings. The highest BCUT2D eigenvalue weighted by molar-refractivity contribution is 7.86. The van der Waals surface area contributed by atoms with E-state index in [4.69, 9.17) is 0 Å². The number of benzene rings is 1. The first kappa shape index (κ1) is 12.8. The van der Waals surface area contributed by atoms with E-state index < -0.39 is 22.1 Å². The Morgan fingerprint density at radius 1 is 1.19 bits per heavy atom. The third-order valence-electron chi connectivity index (χ3n) is 2.00. The van der Waals surface area contributed by atoms with Gasteiger partial charge in [0.15, 0.2) is 0 Å². The largest absolute Gasteiger partial charge is 0.435 e. The second kappa shape index (κ2) is 4.73. The smallest absolute Gasteiger partial charge is 0.387 e. The van der Waals surface area contributed by atoms with E-state index >= 15 is 0 Å². The molecule has 0 aliphatic rings. The summed E-state index contributed by atoms with van der Waals surface area (Å²) in [6.45, 7) is -1.79. The van der Waals surface area contributed by atoms with Crippen molar-refractivity contribution in [1.82, 2.24) is 0 Å². The SMILES string of the molecule is CC(c1ccc(OC(F)F)cc1)S(=O)(=O)F. The number of halogens is 3. The van der Waals surface area contributed by atoms with Crippen LogP contribution in [0.2, 0.25) is 0 Å². The van der Waals surface area contributed by atoms with Crippen LogP contribution in [0.15, 0.2) is 24.3 Å². The highest BCUT2D eigenvalue weighted by atomic mass is 32.3. The minimum Gasteiger partial charge on any atom is -0.435 e. The third-order valence-corrected chi connectivity index (χ3v) is 3.11. The van der Waals surface area contributed by atoms with Crippen LogP contribution in [0, 0.1) is 0 Å². The fourth-order valence-corrected chi connectivity index (χ4v) is 1.57. The van der Waals surface area contributed by atoms with Crippen molar-refractivity contribution in [2.24, 2.45) is 0 Å². The fraction of sp³-hybridized carbons (Fsp3) is 0.333. The maximum Gasteiger partial charge on any atom is 0.387 e. The quantitative estimate of drug-likeness (QED) is 0.776. The summed E-state index contributed by atoms with van der Waals surface area (Å²) in [5, 5.41) is -1.33. The topological polar surface area (TPSA) is 43.4 Å². The maximum atomic E-state index is 12.6. The molecule has 1 aromatic carbocycles. The van der Waals surface area contributed by atoms with Crippen molar-refractivity contribution in [1.29, 1.82) is 0 Å². The zero-order chi connectivity index (χ0) is 12.3. The van der Waals surface area contributed by atoms with E-state index in [2.05, 4.69) is 4.74 Å². The molecule has 0 fully saturated rings. The summed E-state index contributed by atoms with van der Waals surface area (Å²) in [6, 6.07) is 4.76. The van der Waals surface area contributed by atoms with E-state index in [1.807, 2.05) is 0 Å². The van der Waals surface area contributed by atoms with Crippen molar-refractivity contribution >= 4 is 10.2 Å². The average molecular weight is 254 g/mol. The van der Waals surface area contributed by atoms with Gasteiger partial charge in [0, 0.05) is 0 Å². The first-order chi connectivity index (χ1) is 7.30. The summed E-state index contributed by atoms with van der Waals surface area (Å²) in [4.78, 5) is 0. The van der Waals surface area contributed by atoms with Crippen molar-refractivity contribution in [2.45, 2.75) is 18.8 Å². The molecule has 0 saturated heterocycles. The van der Waals surface area contributed by atoms with Gasteiger partial charge in [-0.25, -0.2) is 0 Å². The maximum absolute atomic E-state index is 12.6. The van der Waals surface area contributed by atoms with Gasteiger partial charge in [-0.3, -0.25) is 0 Å². The number of rotatable bonds is 4. The average Bonchev–Trinajstić information content (AvgIpc) is 2.15. The summed E-state index contributed by atoms with van der Waals surface area (Å²) in [5.41, 5.74) is 0.170. The van der Waals surface area contributed by atoms with Gasteiger partial charge in [0.2, 0.25) is 0 Å². The summed E-state index contributed by atoms with van der Waals surface area (Å²) in [7, 11) is -4.68. The zero-order valence-corrected chi connectivity index (χ0v) is 9.05. The number of hydrogen-bond donors (Lipinski definition) is 0. The first-order valence-electron chi connectivity index (χ1n) is 4.29. The van der Waals surface area contributed by atoms with E-state index in [0.29, 0.717) is 0 Å². The van der Waals surface area contributed by atoms with Gasteiger partial charge in [-0.2, -0.15) is 17.2 Å². The molecule has 0 N–H and O–H groups in total. The Hall–Kier alpha value is -1.24. The second-order valence-electron chi connectivity index (χ2n) is 3.07. The molecule has 0 bridgehead atoms. The Balaban J connectivity index is 2.87. The van der Waals surface area contributed by atoms with E-state index in [-0.39, 0.29) is 11.3 Å². The molecular weight excluding hydrogens is 245 g/mol. The Labute approximate surface area is 91.1 Å². The van der Waals surface area contributed by atoms with Crippen LogP contribution in [0.4, 0.5) is 12.7 Å². The molecule has 3 nitrogen and oxygen atoms in total. The van der Waals surface area contributed by atoms with Crippen LogP contribution < -0.4 is 4.74 Å². The lowest BCUT2D eigenvalue weighted by Crippen LogP contribution is -2.05. The molecule has 1 unspecified atom stereocenters. The van der Waals surface area contributed by atoms with Crippen LogP contribution in [-0.4, -0.2) is 15.0 Å². The van der Waals surface area contributed by atoms with Crippen LogP contribution >= 0.6 is 0 Å². The molecule has 0 heterocycles. The lowest BCUT2D eigenvalue weighted by Gasteiger charge is -2.08. The van der Waals surface area contributed by atoms with Gasteiger partial charge in [-0.15, -0.1) is 3.89 Å². The Morgan fingerprint density at radius 2 is 1.69 bits per heavy atom. The molecule has 16 heavy (non-hydrogen) atoms. The second-order valence-corrected chi connectivity index (χ2v) is 4.72. The molecular formula is C9H9F3O3S. The Kier molecular flexibility index (Phi) is 3.79. The Bertz CT molecular complexity index is 442. The summed E-state index contributed by atoms with van der Waals surface area (Å²) in [6.07, 6.45) is 0. The lowest BCUT2D eigenvalue weighted by atomic mass is 10.2. The van der Waals surface area contributed by atoms with Gasteiger partial charge in [0.1, 0.15) is 11.0 Å². The summed E-state index contributed by atoms with van der Waals surface area (Å²) in [5.74, 6) is -0.109. The molecule has 0 spiro atoms. The van der Waals surface area contributed by atoms with Crippen molar-refractivity contribution < 1.29 is 25.8 Å². The minimum atomic E-state index is -4.68. The van der Waals surface area contributed by atoms with Gasteiger partial charge < -0.3 is 4.74 Å². The molecule has 1 atom stereocenters. The molecule has 0 amide bonds. The number of hydrogen-bond acceptors (Lipinski definition) is 3. The van der Waals surface area contributed by atoms with Gasteiger partial charge >= 0.3 is 16.8 Å². The normalized spacial score (nSPS) is 13.8. The van der Waals surface area contributed by atoms with E-state index in [1.165, 1.54) is 12.1 Å². The number of alkyl halides is 2. The van der Waals surface area contributed by atoms with Gasteiger partial charge in [0.25, 0.3) is 0 Å². The van der Waals surface area contributed by atoms with Crippen molar-refractivity contribution in [3.8, 4) is 5.75 Å². The van der Waals surface area contributed by atoms with Crippen LogP contribution in [0.25, 0.3) is 0 Å². The fourth-order valence-electron chi connectivity index (χ4n) is 1.08. The molecule has 0 aliphatic carbocycles. The summed E-state index contributed by atoms with van der Waals surface area (Å²) >= 11 is 0. The monoisotopic (exact) mass is 254 g/mol. The van der Waals surface area contributed by atoms with Crippen LogP contribution in [-0.2, 0) is 10.2 Å². The molecule has 0 aliphatic heterocycles. The zero-order valence-electron chi connectivity index (χ0n) is 8.23. The minimum absolute atomic E-state index is 0.109. The molecule has 90 valence electrons. The van der Waals surface area contributed by atoms with Gasteiger partial charge in [0.05, 0.1) is 0 Å². The van der Waals surface area contributed by atoms with Crippen LogP contribution in [0.1, 0.15) is 17.7 Å². The highest BCUT2D eigenvalue weighted by Crippen LogP contribution is 2.25.